The van der Waals surface area contributed by atoms with Gasteiger partial charge in [-0.3, -0.25) is 9.59 Å². The Labute approximate surface area is 190 Å². The van der Waals surface area contributed by atoms with Gasteiger partial charge >= 0.3 is 0 Å². The van der Waals surface area contributed by atoms with Crippen LogP contribution in [0.3, 0.4) is 0 Å². The molecule has 0 atom stereocenters. The highest BCUT2D eigenvalue weighted by molar-refractivity contribution is 5.87. The largest absolute Gasteiger partial charge is 0.493 e. The Morgan fingerprint density at radius 3 is 2.38 bits per heavy atom. The number of rotatable bonds is 11. The van der Waals surface area contributed by atoms with Gasteiger partial charge in [-0.05, 0) is 69.9 Å². The zero-order valence-corrected chi connectivity index (χ0v) is 19.7. The van der Waals surface area contributed by atoms with Crippen molar-refractivity contribution < 1.29 is 23.5 Å². The fourth-order valence-electron chi connectivity index (χ4n) is 3.68. The molecular weight excluding hydrogens is 408 g/mol. The summed E-state index contributed by atoms with van der Waals surface area (Å²) in [5.41, 5.74) is 1.03. The van der Waals surface area contributed by atoms with Crippen molar-refractivity contribution in [1.29, 1.82) is 0 Å². The third-order valence-corrected chi connectivity index (χ3v) is 5.75. The summed E-state index contributed by atoms with van der Waals surface area (Å²) >= 11 is 0. The smallest absolute Gasteiger partial charge is 0.242 e. The Balaban J connectivity index is 1.73. The molecule has 7 nitrogen and oxygen atoms in total. The van der Waals surface area contributed by atoms with Crippen LogP contribution in [-0.4, -0.2) is 55.0 Å². The van der Waals surface area contributed by atoms with Gasteiger partial charge in [-0.1, -0.05) is 6.07 Å². The quantitative estimate of drug-likeness (QED) is 0.529. The summed E-state index contributed by atoms with van der Waals surface area (Å²) in [6.07, 6.45) is 2.49. The molecule has 1 aromatic carbocycles. The lowest BCUT2D eigenvalue weighted by Crippen LogP contribution is -2.46. The lowest BCUT2D eigenvalue weighted by atomic mass is 10.1. The number of carbonyl (C=O) groups is 2. The molecule has 0 radical (unpaired) electrons. The van der Waals surface area contributed by atoms with Crippen LogP contribution in [0.5, 0.6) is 11.5 Å². The van der Waals surface area contributed by atoms with Crippen LogP contribution in [0.2, 0.25) is 0 Å². The maximum atomic E-state index is 13.3. The summed E-state index contributed by atoms with van der Waals surface area (Å²) in [6, 6.07) is 9.52. The van der Waals surface area contributed by atoms with Crippen molar-refractivity contribution in [2.24, 2.45) is 5.92 Å². The van der Waals surface area contributed by atoms with Crippen LogP contribution in [0.15, 0.2) is 34.7 Å². The van der Waals surface area contributed by atoms with Crippen molar-refractivity contribution in [3.05, 3.63) is 47.4 Å². The molecule has 0 N–H and O–H groups in total. The van der Waals surface area contributed by atoms with Gasteiger partial charge in [-0.2, -0.15) is 0 Å². The number of ether oxygens (including phenoxy) is 2. The molecular formula is C25H34N2O5. The van der Waals surface area contributed by atoms with Crippen molar-refractivity contribution >= 4 is 11.8 Å². The van der Waals surface area contributed by atoms with Gasteiger partial charge < -0.3 is 23.7 Å². The Morgan fingerprint density at radius 1 is 1.09 bits per heavy atom. The number of amides is 2. The standard InChI is InChI=1S/C25H34N2O5/c1-17(2)27(25(29)20-8-9-20)16-24(28)26(15-21-10-6-18(3)32-21)13-12-19-7-11-22(30-4)23(14-19)31-5/h6-7,10-11,14,17,20H,8-9,12-13,15-16H2,1-5H3. The van der Waals surface area contributed by atoms with E-state index in [2.05, 4.69) is 0 Å². The lowest BCUT2D eigenvalue weighted by molar-refractivity contribution is -0.143. The maximum Gasteiger partial charge on any atom is 0.242 e. The van der Waals surface area contributed by atoms with E-state index in [0.29, 0.717) is 31.0 Å². The van der Waals surface area contributed by atoms with E-state index in [4.69, 9.17) is 13.9 Å². The van der Waals surface area contributed by atoms with Crippen molar-refractivity contribution in [2.75, 3.05) is 27.3 Å². The molecule has 0 saturated heterocycles. The first-order chi connectivity index (χ1) is 15.3. The van der Waals surface area contributed by atoms with Gasteiger partial charge in [-0.25, -0.2) is 0 Å². The monoisotopic (exact) mass is 442 g/mol. The Bertz CT molecular complexity index is 932. The van der Waals surface area contributed by atoms with Gasteiger partial charge in [0.25, 0.3) is 0 Å². The first kappa shape index (κ1) is 23.7. The van der Waals surface area contributed by atoms with Crippen molar-refractivity contribution in [3.63, 3.8) is 0 Å². The minimum Gasteiger partial charge on any atom is -0.493 e. The minimum atomic E-state index is -0.0813. The van der Waals surface area contributed by atoms with E-state index in [1.807, 2.05) is 51.1 Å². The van der Waals surface area contributed by atoms with Crippen LogP contribution in [0.25, 0.3) is 0 Å². The van der Waals surface area contributed by atoms with E-state index in [-0.39, 0.29) is 30.3 Å². The molecule has 3 rings (SSSR count). The molecule has 1 heterocycles. The van der Waals surface area contributed by atoms with Crippen LogP contribution >= 0.6 is 0 Å². The summed E-state index contributed by atoms with van der Waals surface area (Å²) in [5.74, 6) is 2.95. The molecule has 1 saturated carbocycles. The molecule has 0 bridgehead atoms. The van der Waals surface area contributed by atoms with E-state index in [9.17, 15) is 9.59 Å². The SMILES string of the molecule is COc1ccc(CCN(Cc2ccc(C)o2)C(=O)CN(C(=O)C2CC2)C(C)C)cc1OC. The molecule has 1 aliphatic rings. The number of nitrogens with zero attached hydrogens (tertiary/aromatic N) is 2. The first-order valence-electron chi connectivity index (χ1n) is 11.2. The summed E-state index contributed by atoms with van der Waals surface area (Å²) < 4.78 is 16.4. The van der Waals surface area contributed by atoms with Gasteiger partial charge in [0.05, 0.1) is 27.3 Å². The number of aryl methyl sites for hydroxylation is 1. The molecule has 1 aliphatic carbocycles. The molecule has 1 aromatic heterocycles. The van der Waals surface area contributed by atoms with Crippen molar-refractivity contribution in [1.82, 2.24) is 9.80 Å². The van der Waals surface area contributed by atoms with Crippen LogP contribution in [-0.2, 0) is 22.6 Å². The van der Waals surface area contributed by atoms with Crippen molar-refractivity contribution in [2.45, 2.75) is 52.6 Å². The van der Waals surface area contributed by atoms with Crippen molar-refractivity contribution in [3.8, 4) is 11.5 Å². The zero-order valence-electron chi connectivity index (χ0n) is 19.7. The number of hydrogen-bond donors (Lipinski definition) is 0. The zero-order chi connectivity index (χ0) is 23.3. The highest BCUT2D eigenvalue weighted by Crippen LogP contribution is 2.32. The van der Waals surface area contributed by atoms with Gasteiger partial charge in [0, 0.05) is 18.5 Å². The minimum absolute atomic E-state index is 0.0226. The van der Waals surface area contributed by atoms with E-state index in [0.717, 1.165) is 29.9 Å². The second-order valence-electron chi connectivity index (χ2n) is 8.60. The molecule has 2 aromatic rings. The first-order valence-corrected chi connectivity index (χ1v) is 11.2. The summed E-state index contributed by atoms with van der Waals surface area (Å²) in [4.78, 5) is 29.5. The van der Waals surface area contributed by atoms with Gasteiger partial charge in [-0.15, -0.1) is 0 Å². The van der Waals surface area contributed by atoms with E-state index in [1.54, 1.807) is 24.0 Å². The van der Waals surface area contributed by atoms with Gasteiger partial charge in [0.2, 0.25) is 11.8 Å². The topological polar surface area (TPSA) is 72.2 Å². The molecule has 7 heteroatoms. The van der Waals surface area contributed by atoms with E-state index in [1.165, 1.54) is 0 Å². The predicted molar refractivity (Wildman–Crippen MR) is 122 cm³/mol. The fourth-order valence-corrected chi connectivity index (χ4v) is 3.68. The van der Waals surface area contributed by atoms with E-state index < -0.39 is 0 Å². The summed E-state index contributed by atoms with van der Waals surface area (Å²) in [7, 11) is 3.21. The number of furan rings is 1. The summed E-state index contributed by atoms with van der Waals surface area (Å²) in [5, 5.41) is 0. The van der Waals surface area contributed by atoms with E-state index >= 15 is 0 Å². The average molecular weight is 443 g/mol. The molecule has 2 amide bonds. The lowest BCUT2D eigenvalue weighted by Gasteiger charge is -2.30. The number of methoxy groups -OCH3 is 2. The summed E-state index contributed by atoms with van der Waals surface area (Å²) in [6.45, 7) is 6.74. The predicted octanol–water partition coefficient (Wildman–Crippen LogP) is 3.82. The second kappa shape index (κ2) is 10.6. The third kappa shape index (κ3) is 6.05. The Kier molecular flexibility index (Phi) is 7.83. The maximum absolute atomic E-state index is 13.3. The molecule has 0 unspecified atom stereocenters. The molecule has 174 valence electrons. The highest BCUT2D eigenvalue weighted by Gasteiger charge is 2.35. The fraction of sp³-hybridized carbons (Fsp3) is 0.520. The molecule has 32 heavy (non-hydrogen) atoms. The highest BCUT2D eigenvalue weighted by atomic mass is 16.5. The van der Waals surface area contributed by atoms with Crippen LogP contribution < -0.4 is 9.47 Å². The second-order valence-corrected chi connectivity index (χ2v) is 8.60. The van der Waals surface area contributed by atoms with Gasteiger partial charge in [0.15, 0.2) is 11.5 Å². The van der Waals surface area contributed by atoms with Crippen LogP contribution in [0, 0.1) is 12.8 Å². The van der Waals surface area contributed by atoms with Crippen LogP contribution in [0.4, 0.5) is 0 Å². The van der Waals surface area contributed by atoms with Gasteiger partial charge in [0.1, 0.15) is 11.5 Å². The molecule has 0 spiro atoms. The normalized spacial score (nSPS) is 13.2. The Hall–Kier alpha value is -2.96. The average Bonchev–Trinajstić information content (AvgIpc) is 3.55. The number of carbonyl (C=O) groups excluding carboxylic acids is 2. The Morgan fingerprint density at radius 2 is 1.81 bits per heavy atom. The third-order valence-electron chi connectivity index (χ3n) is 5.75. The molecule has 1 fully saturated rings. The van der Waals surface area contributed by atoms with Crippen LogP contribution in [0.1, 0.15) is 43.8 Å². The number of benzene rings is 1. The molecule has 0 aliphatic heterocycles. The number of hydrogen-bond acceptors (Lipinski definition) is 5.